The molecule has 1 amide bonds. The number of carbonyl (C=O) groups is 1. The van der Waals surface area contributed by atoms with Gasteiger partial charge in [-0.25, -0.2) is 4.98 Å². The van der Waals surface area contributed by atoms with Crippen LogP contribution in [0.15, 0.2) is 18.5 Å². The Labute approximate surface area is 127 Å². The van der Waals surface area contributed by atoms with Gasteiger partial charge in [0, 0.05) is 25.9 Å². The van der Waals surface area contributed by atoms with Crippen molar-refractivity contribution in [3.8, 4) is 11.8 Å². The Kier molecular flexibility index (Phi) is 5.14. The number of H-pyrrole nitrogens is 1. The molecule has 0 aliphatic heterocycles. The highest BCUT2D eigenvalue weighted by Gasteiger charge is 2.16. The summed E-state index contributed by atoms with van der Waals surface area (Å²) >= 11 is 1.38. The van der Waals surface area contributed by atoms with Crippen molar-refractivity contribution in [2.75, 3.05) is 13.7 Å². The van der Waals surface area contributed by atoms with E-state index in [1.807, 2.05) is 13.0 Å². The summed E-state index contributed by atoms with van der Waals surface area (Å²) in [5, 5.41) is 8.73. The number of aliphatic hydroxyl groups excluding tert-OH is 1. The molecule has 0 aliphatic rings. The molecule has 0 unspecified atom stereocenters. The fraction of sp³-hybridized carbons (Fsp3) is 0.333. The van der Waals surface area contributed by atoms with Gasteiger partial charge in [0.05, 0.1) is 22.9 Å². The van der Waals surface area contributed by atoms with Crippen molar-refractivity contribution in [1.29, 1.82) is 0 Å². The second-order valence-corrected chi connectivity index (χ2v) is 5.65. The maximum Gasteiger partial charge on any atom is 0.264 e. The molecule has 0 bridgehead atoms. The van der Waals surface area contributed by atoms with Crippen LogP contribution in [0.3, 0.4) is 0 Å². The lowest BCUT2D eigenvalue weighted by atomic mass is 10.2. The molecule has 0 atom stereocenters. The third kappa shape index (κ3) is 3.94. The van der Waals surface area contributed by atoms with E-state index in [-0.39, 0.29) is 12.5 Å². The molecule has 5 nitrogen and oxygen atoms in total. The minimum atomic E-state index is -0.0466. The van der Waals surface area contributed by atoms with Crippen molar-refractivity contribution in [2.24, 2.45) is 0 Å². The summed E-state index contributed by atoms with van der Waals surface area (Å²) in [6, 6.07) is 1.86. The Hall–Kier alpha value is -2.10. The summed E-state index contributed by atoms with van der Waals surface area (Å²) in [4.78, 5) is 22.6. The number of imidazole rings is 1. The number of aromatic nitrogens is 2. The van der Waals surface area contributed by atoms with Crippen molar-refractivity contribution in [1.82, 2.24) is 14.9 Å². The highest BCUT2D eigenvalue weighted by atomic mass is 32.1. The van der Waals surface area contributed by atoms with Crippen LogP contribution in [0.25, 0.3) is 0 Å². The van der Waals surface area contributed by atoms with Crippen LogP contribution in [0.2, 0.25) is 0 Å². The van der Waals surface area contributed by atoms with E-state index >= 15 is 0 Å². The molecule has 0 fully saturated rings. The van der Waals surface area contributed by atoms with Gasteiger partial charge < -0.3 is 15.0 Å². The molecule has 2 aromatic heterocycles. The van der Waals surface area contributed by atoms with E-state index in [1.54, 1.807) is 24.3 Å². The number of aliphatic hydroxyl groups is 1. The first-order valence-corrected chi connectivity index (χ1v) is 7.37. The minimum absolute atomic E-state index is 0.0466. The number of aryl methyl sites for hydroxylation is 1. The van der Waals surface area contributed by atoms with Gasteiger partial charge >= 0.3 is 0 Å². The lowest BCUT2D eigenvalue weighted by molar-refractivity contribution is 0.0786. The van der Waals surface area contributed by atoms with E-state index < -0.39 is 0 Å². The number of nitrogens with one attached hydrogen (secondary N) is 1. The quantitative estimate of drug-likeness (QED) is 0.846. The van der Waals surface area contributed by atoms with Gasteiger partial charge in [-0.1, -0.05) is 11.8 Å². The average Bonchev–Trinajstić information content (AvgIpc) is 3.09. The van der Waals surface area contributed by atoms with Crippen molar-refractivity contribution >= 4 is 17.2 Å². The zero-order chi connectivity index (χ0) is 15.2. The van der Waals surface area contributed by atoms with Crippen LogP contribution < -0.4 is 0 Å². The second kappa shape index (κ2) is 7.07. The van der Waals surface area contributed by atoms with Crippen LogP contribution in [0, 0.1) is 18.8 Å². The Bertz CT molecular complexity index is 665. The summed E-state index contributed by atoms with van der Waals surface area (Å²) < 4.78 is 0. The monoisotopic (exact) mass is 303 g/mol. The number of hydrogen-bond acceptors (Lipinski definition) is 4. The maximum atomic E-state index is 12.4. The molecule has 2 heterocycles. The van der Waals surface area contributed by atoms with Crippen molar-refractivity contribution < 1.29 is 9.90 Å². The van der Waals surface area contributed by atoms with E-state index in [9.17, 15) is 4.79 Å². The van der Waals surface area contributed by atoms with Gasteiger partial charge in [-0.3, -0.25) is 4.79 Å². The van der Waals surface area contributed by atoms with Gasteiger partial charge in [-0.15, -0.1) is 11.3 Å². The van der Waals surface area contributed by atoms with Gasteiger partial charge in [0.2, 0.25) is 0 Å². The summed E-state index contributed by atoms with van der Waals surface area (Å²) in [6.45, 7) is 2.42. The number of nitrogens with zero attached hydrogens (tertiary/aromatic N) is 2. The molecule has 6 heteroatoms. The maximum absolute atomic E-state index is 12.4. The largest absolute Gasteiger partial charge is 0.395 e. The molecule has 0 aromatic carbocycles. The molecule has 2 rings (SSSR count). The first-order chi connectivity index (χ1) is 10.1. The Balaban J connectivity index is 2.09. The van der Waals surface area contributed by atoms with Crippen LogP contribution in [-0.2, 0) is 6.54 Å². The predicted molar refractivity (Wildman–Crippen MR) is 82.0 cm³/mol. The molecule has 110 valence electrons. The number of aromatic amines is 1. The SMILES string of the molecule is Cc1cc(C(=O)N(C)Cc2ncc[nH]2)sc1C#CCCO. The first kappa shape index (κ1) is 15.3. The second-order valence-electron chi connectivity index (χ2n) is 4.60. The normalized spacial score (nSPS) is 10.0. The molecule has 0 saturated heterocycles. The number of carbonyl (C=O) groups excluding carboxylic acids is 1. The van der Waals surface area contributed by atoms with Crippen molar-refractivity contribution in [2.45, 2.75) is 19.9 Å². The van der Waals surface area contributed by atoms with Crippen molar-refractivity contribution in [3.05, 3.63) is 39.6 Å². The summed E-state index contributed by atoms with van der Waals surface area (Å²) in [7, 11) is 1.75. The molecule has 2 aromatic rings. The van der Waals surface area contributed by atoms with Gasteiger partial charge in [-0.2, -0.15) is 0 Å². The molecule has 0 radical (unpaired) electrons. The number of amides is 1. The van der Waals surface area contributed by atoms with Crippen LogP contribution in [-0.4, -0.2) is 39.5 Å². The van der Waals surface area contributed by atoms with Crippen molar-refractivity contribution in [3.63, 3.8) is 0 Å². The van der Waals surface area contributed by atoms with Gasteiger partial charge in [0.25, 0.3) is 5.91 Å². The van der Waals surface area contributed by atoms with Crippen LogP contribution >= 0.6 is 11.3 Å². The molecule has 0 aliphatic carbocycles. The average molecular weight is 303 g/mol. The van der Waals surface area contributed by atoms with Crippen LogP contribution in [0.5, 0.6) is 0 Å². The Morgan fingerprint density at radius 3 is 3.05 bits per heavy atom. The lowest BCUT2D eigenvalue weighted by Gasteiger charge is -2.14. The summed E-state index contributed by atoms with van der Waals surface area (Å²) in [6.07, 6.45) is 3.84. The molecule has 0 spiro atoms. The number of rotatable bonds is 4. The minimum Gasteiger partial charge on any atom is -0.395 e. The lowest BCUT2D eigenvalue weighted by Crippen LogP contribution is -2.25. The van der Waals surface area contributed by atoms with Gasteiger partial charge in [-0.05, 0) is 18.6 Å². The standard InChI is InChI=1S/C15H17N3O2S/c1-11-9-13(21-12(11)5-3-4-8-19)15(20)18(2)10-14-16-6-7-17-14/h6-7,9,19H,4,8,10H2,1-2H3,(H,16,17). The topological polar surface area (TPSA) is 69.2 Å². The number of thiophene rings is 1. The van der Waals surface area contributed by atoms with E-state index in [0.717, 1.165) is 16.3 Å². The summed E-state index contributed by atoms with van der Waals surface area (Å²) in [5.41, 5.74) is 0.986. The predicted octanol–water partition coefficient (Wildman–Crippen LogP) is 1.79. The molecule has 2 N–H and O–H groups in total. The number of hydrogen-bond donors (Lipinski definition) is 2. The smallest absolute Gasteiger partial charge is 0.264 e. The zero-order valence-electron chi connectivity index (χ0n) is 12.0. The van der Waals surface area contributed by atoms with Gasteiger partial charge in [0.15, 0.2) is 0 Å². The molecule has 21 heavy (non-hydrogen) atoms. The third-order valence-corrected chi connectivity index (χ3v) is 4.00. The molecular formula is C15H17N3O2S. The molecule has 0 saturated carbocycles. The first-order valence-electron chi connectivity index (χ1n) is 6.55. The van der Waals surface area contributed by atoms with Crippen LogP contribution in [0.1, 0.15) is 32.4 Å². The van der Waals surface area contributed by atoms with E-state index in [1.165, 1.54) is 11.3 Å². The zero-order valence-corrected chi connectivity index (χ0v) is 12.8. The molecular weight excluding hydrogens is 286 g/mol. The van der Waals surface area contributed by atoms with E-state index in [0.29, 0.717) is 17.8 Å². The van der Waals surface area contributed by atoms with Gasteiger partial charge in [0.1, 0.15) is 5.82 Å². The fourth-order valence-corrected chi connectivity index (χ4v) is 2.82. The van der Waals surface area contributed by atoms with Crippen LogP contribution in [0.4, 0.5) is 0 Å². The van der Waals surface area contributed by atoms with E-state index in [4.69, 9.17) is 5.11 Å². The Morgan fingerprint density at radius 2 is 2.38 bits per heavy atom. The Morgan fingerprint density at radius 1 is 1.57 bits per heavy atom. The third-order valence-electron chi connectivity index (χ3n) is 2.86. The highest BCUT2D eigenvalue weighted by molar-refractivity contribution is 7.14. The summed E-state index contributed by atoms with van der Waals surface area (Å²) in [5.74, 6) is 6.58. The van der Waals surface area contributed by atoms with E-state index in [2.05, 4.69) is 21.8 Å². The highest BCUT2D eigenvalue weighted by Crippen LogP contribution is 2.22. The fourth-order valence-electron chi connectivity index (χ4n) is 1.78.